The molecule has 1 aliphatic rings. The zero-order chi connectivity index (χ0) is 14.9. The van der Waals surface area contributed by atoms with E-state index in [2.05, 4.69) is 10.0 Å². The minimum absolute atomic E-state index is 0.116. The maximum Gasteiger partial charge on any atom is 0.240 e. The van der Waals surface area contributed by atoms with Crippen molar-refractivity contribution >= 4 is 21.6 Å². The highest BCUT2D eigenvalue weighted by Gasteiger charge is 2.28. The van der Waals surface area contributed by atoms with Crippen molar-refractivity contribution in [1.29, 1.82) is 0 Å². The second-order valence-corrected chi connectivity index (χ2v) is 6.65. The van der Waals surface area contributed by atoms with Crippen molar-refractivity contribution in [3.8, 4) is 0 Å². The van der Waals surface area contributed by atoms with Gasteiger partial charge in [-0.1, -0.05) is 0 Å². The Morgan fingerprint density at radius 1 is 1.45 bits per heavy atom. The van der Waals surface area contributed by atoms with Crippen LogP contribution in [0.2, 0.25) is 0 Å². The van der Waals surface area contributed by atoms with Gasteiger partial charge < -0.3 is 10.1 Å². The summed E-state index contributed by atoms with van der Waals surface area (Å²) in [5.74, 6) is -0.452. The predicted molar refractivity (Wildman–Crippen MR) is 75.1 cm³/mol. The number of hydrogen-bond donors (Lipinski definition) is 2. The molecule has 0 fully saturated rings. The Balaban J connectivity index is 2.28. The lowest BCUT2D eigenvalue weighted by Crippen LogP contribution is -2.35. The Morgan fingerprint density at radius 3 is 2.80 bits per heavy atom. The fraction of sp³-hybridized carbons (Fsp3) is 0.462. The molecule has 1 aliphatic heterocycles. The van der Waals surface area contributed by atoms with Gasteiger partial charge in [-0.15, -0.1) is 0 Å². The van der Waals surface area contributed by atoms with Gasteiger partial charge in [0.1, 0.15) is 0 Å². The Labute approximate surface area is 118 Å². The van der Waals surface area contributed by atoms with Crippen LogP contribution in [0.25, 0.3) is 0 Å². The monoisotopic (exact) mass is 298 g/mol. The number of ether oxygens (including phenoxy) is 1. The quantitative estimate of drug-likeness (QED) is 0.851. The smallest absolute Gasteiger partial charge is 0.240 e. The first-order valence-electron chi connectivity index (χ1n) is 6.31. The van der Waals surface area contributed by atoms with Crippen LogP contribution < -0.4 is 10.0 Å². The average molecular weight is 298 g/mol. The molecule has 6 nitrogen and oxygen atoms in total. The molecule has 0 radical (unpaired) electrons. The third kappa shape index (κ3) is 2.84. The molecule has 7 heteroatoms. The maximum absolute atomic E-state index is 12.2. The fourth-order valence-electron chi connectivity index (χ4n) is 2.18. The van der Waals surface area contributed by atoms with Crippen LogP contribution in [0.1, 0.15) is 25.3 Å². The van der Waals surface area contributed by atoms with Gasteiger partial charge >= 0.3 is 0 Å². The van der Waals surface area contributed by atoms with Crippen molar-refractivity contribution in [2.45, 2.75) is 30.7 Å². The molecule has 2 atom stereocenters. The first-order valence-corrected chi connectivity index (χ1v) is 7.79. The summed E-state index contributed by atoms with van der Waals surface area (Å²) >= 11 is 0. The second-order valence-electron chi connectivity index (χ2n) is 4.94. The lowest BCUT2D eigenvalue weighted by Gasteiger charge is -2.14. The number of carbonyl (C=O) groups is 1. The van der Waals surface area contributed by atoms with Gasteiger partial charge in [0.05, 0.1) is 17.4 Å². The molecule has 0 saturated heterocycles. The van der Waals surface area contributed by atoms with Crippen LogP contribution in [-0.2, 0) is 19.6 Å². The third-order valence-electron chi connectivity index (χ3n) is 3.22. The summed E-state index contributed by atoms with van der Waals surface area (Å²) in [6.45, 7) is 3.77. The molecule has 0 aliphatic carbocycles. The Bertz CT molecular complexity index is 627. The summed E-state index contributed by atoms with van der Waals surface area (Å²) in [6, 6.07) is 4.32. The van der Waals surface area contributed by atoms with Crippen molar-refractivity contribution in [3.63, 3.8) is 0 Å². The van der Waals surface area contributed by atoms with E-state index in [1.54, 1.807) is 26.0 Å². The molecule has 0 aromatic heterocycles. The van der Waals surface area contributed by atoms with Crippen LogP contribution in [0.3, 0.4) is 0 Å². The van der Waals surface area contributed by atoms with Crippen LogP contribution in [0.5, 0.6) is 0 Å². The van der Waals surface area contributed by atoms with E-state index in [-0.39, 0.29) is 22.8 Å². The van der Waals surface area contributed by atoms with Gasteiger partial charge in [0.2, 0.25) is 15.9 Å². The van der Waals surface area contributed by atoms with E-state index in [0.717, 1.165) is 0 Å². The van der Waals surface area contributed by atoms with E-state index in [4.69, 9.17) is 4.74 Å². The number of hydrogen-bond acceptors (Lipinski definition) is 4. The highest BCUT2D eigenvalue weighted by atomic mass is 32.2. The largest absolute Gasteiger partial charge is 0.383 e. The van der Waals surface area contributed by atoms with E-state index < -0.39 is 10.0 Å². The van der Waals surface area contributed by atoms with Crippen LogP contribution in [0.4, 0.5) is 5.69 Å². The zero-order valence-corrected chi connectivity index (χ0v) is 12.5. The lowest BCUT2D eigenvalue weighted by atomic mass is 10.0. The number of rotatable bonds is 5. The van der Waals surface area contributed by atoms with E-state index >= 15 is 0 Å². The molecule has 2 N–H and O–H groups in total. The van der Waals surface area contributed by atoms with Gasteiger partial charge in [0.15, 0.2) is 0 Å². The summed E-state index contributed by atoms with van der Waals surface area (Å²) < 4.78 is 31.9. The summed E-state index contributed by atoms with van der Waals surface area (Å²) in [5, 5.41) is 2.71. The first-order chi connectivity index (χ1) is 9.35. The summed E-state index contributed by atoms with van der Waals surface area (Å²) in [4.78, 5) is 11.7. The molecule has 1 aromatic carbocycles. The molecule has 1 amide bonds. The number of anilines is 1. The third-order valence-corrected chi connectivity index (χ3v) is 4.81. The van der Waals surface area contributed by atoms with Gasteiger partial charge in [-0.05, 0) is 37.6 Å². The zero-order valence-electron chi connectivity index (χ0n) is 11.6. The van der Waals surface area contributed by atoms with Gasteiger partial charge in [-0.3, -0.25) is 4.79 Å². The normalized spacial score (nSPS) is 19.6. The fourth-order valence-corrected chi connectivity index (χ4v) is 3.44. The highest BCUT2D eigenvalue weighted by Crippen LogP contribution is 2.33. The van der Waals surface area contributed by atoms with Crippen molar-refractivity contribution in [2.75, 3.05) is 19.0 Å². The number of nitrogens with one attached hydrogen (secondary N) is 2. The summed E-state index contributed by atoms with van der Waals surface area (Å²) in [7, 11) is -2.10. The minimum atomic E-state index is -3.61. The van der Waals surface area contributed by atoms with Gasteiger partial charge in [-0.25, -0.2) is 13.1 Å². The van der Waals surface area contributed by atoms with Crippen molar-refractivity contribution in [3.05, 3.63) is 23.8 Å². The number of methoxy groups -OCH3 is 1. The topological polar surface area (TPSA) is 84.5 Å². The number of amides is 1. The lowest BCUT2D eigenvalue weighted by molar-refractivity contribution is -0.116. The van der Waals surface area contributed by atoms with Crippen LogP contribution in [0, 0.1) is 0 Å². The Kier molecular flexibility index (Phi) is 4.12. The molecule has 0 saturated carbocycles. The molecule has 0 unspecified atom stereocenters. The number of benzene rings is 1. The Hall–Kier alpha value is -1.44. The second kappa shape index (κ2) is 5.51. The molecule has 1 heterocycles. The maximum atomic E-state index is 12.2. The van der Waals surface area contributed by atoms with Gasteiger partial charge in [-0.2, -0.15) is 0 Å². The van der Waals surface area contributed by atoms with E-state index in [9.17, 15) is 13.2 Å². The standard InChI is InChI=1S/C13H18N2O4S/c1-8(7-19-3)15-20(17,18)10-4-5-12-11(6-10)9(2)13(16)14-12/h4-6,8-9,15H,7H2,1-3H3,(H,14,16)/t8-,9+/m1/s1. The van der Waals surface area contributed by atoms with E-state index in [0.29, 0.717) is 17.9 Å². The van der Waals surface area contributed by atoms with E-state index in [1.165, 1.54) is 13.2 Å². The predicted octanol–water partition coefficient (Wildman–Crippen LogP) is 1.06. The Morgan fingerprint density at radius 2 is 2.15 bits per heavy atom. The molecule has 110 valence electrons. The summed E-state index contributed by atoms with van der Waals surface area (Å²) in [5.41, 5.74) is 1.38. The number of carbonyl (C=O) groups excluding carboxylic acids is 1. The minimum Gasteiger partial charge on any atom is -0.383 e. The van der Waals surface area contributed by atoms with Crippen molar-refractivity contribution in [2.24, 2.45) is 0 Å². The average Bonchev–Trinajstić information content (AvgIpc) is 2.64. The molecule has 0 spiro atoms. The van der Waals surface area contributed by atoms with Crippen molar-refractivity contribution in [1.82, 2.24) is 4.72 Å². The van der Waals surface area contributed by atoms with Crippen LogP contribution in [0.15, 0.2) is 23.1 Å². The van der Waals surface area contributed by atoms with Crippen molar-refractivity contribution < 1.29 is 17.9 Å². The van der Waals surface area contributed by atoms with E-state index in [1.807, 2.05) is 0 Å². The first kappa shape index (κ1) is 15.0. The molecule has 2 rings (SSSR count). The molecule has 20 heavy (non-hydrogen) atoms. The molecule has 0 bridgehead atoms. The number of fused-ring (bicyclic) bond motifs is 1. The van der Waals surface area contributed by atoms with Gasteiger partial charge in [0, 0.05) is 18.8 Å². The molecular formula is C13H18N2O4S. The highest BCUT2D eigenvalue weighted by molar-refractivity contribution is 7.89. The van der Waals surface area contributed by atoms with Crippen LogP contribution >= 0.6 is 0 Å². The molecule has 1 aromatic rings. The number of sulfonamides is 1. The molecular weight excluding hydrogens is 280 g/mol. The van der Waals surface area contributed by atoms with Crippen LogP contribution in [-0.4, -0.2) is 34.1 Å². The van der Waals surface area contributed by atoms with Gasteiger partial charge in [0.25, 0.3) is 0 Å². The summed E-state index contributed by atoms with van der Waals surface area (Å²) in [6.07, 6.45) is 0. The SMILES string of the molecule is COC[C@@H](C)NS(=O)(=O)c1ccc2c(c1)[C@H](C)C(=O)N2.